The zero-order valence-corrected chi connectivity index (χ0v) is 19.5. The van der Waals surface area contributed by atoms with Crippen LogP contribution in [0, 0.1) is 5.92 Å². The molecular formula is C25H24N6O2S. The van der Waals surface area contributed by atoms with E-state index in [1.54, 1.807) is 24.5 Å². The van der Waals surface area contributed by atoms with E-state index in [1.165, 1.54) is 10.7 Å². The number of hydrogen-bond donors (Lipinski definition) is 1. The predicted molar refractivity (Wildman–Crippen MR) is 134 cm³/mol. The summed E-state index contributed by atoms with van der Waals surface area (Å²) in [7, 11) is 1.61. The van der Waals surface area contributed by atoms with E-state index in [0.29, 0.717) is 17.9 Å². The van der Waals surface area contributed by atoms with E-state index in [-0.39, 0.29) is 17.4 Å². The number of carbonyl (C=O) groups excluding carboxylic acids is 1. The lowest BCUT2D eigenvalue weighted by Crippen LogP contribution is -2.41. The second-order valence-electron chi connectivity index (χ2n) is 8.25. The van der Waals surface area contributed by atoms with Crippen molar-refractivity contribution in [2.45, 2.75) is 12.8 Å². The van der Waals surface area contributed by atoms with E-state index in [9.17, 15) is 9.59 Å². The molecule has 1 aliphatic heterocycles. The van der Waals surface area contributed by atoms with Gasteiger partial charge >= 0.3 is 0 Å². The first-order valence-corrected chi connectivity index (χ1v) is 12.0. The summed E-state index contributed by atoms with van der Waals surface area (Å²) >= 11 is 1.63. The number of thiophene rings is 1. The van der Waals surface area contributed by atoms with Gasteiger partial charge in [0, 0.05) is 31.8 Å². The maximum atomic E-state index is 13.2. The van der Waals surface area contributed by atoms with E-state index in [2.05, 4.69) is 25.5 Å². The highest BCUT2D eigenvalue weighted by atomic mass is 32.1. The number of nitrogens with one attached hydrogen (secondary N) is 1. The molecule has 172 valence electrons. The maximum Gasteiger partial charge on any atom is 0.266 e. The van der Waals surface area contributed by atoms with Crippen molar-refractivity contribution in [3.8, 4) is 21.8 Å². The molecule has 3 aromatic heterocycles. The Kier molecular flexibility index (Phi) is 6.18. The molecule has 9 heteroatoms. The fraction of sp³-hybridized carbons (Fsp3) is 0.240. The number of carbonyl (C=O) groups is 1. The minimum atomic E-state index is -0.181. The lowest BCUT2D eigenvalue weighted by Gasteiger charge is -2.32. The number of para-hydroxylation sites is 1. The van der Waals surface area contributed by atoms with Crippen LogP contribution in [0.2, 0.25) is 0 Å². The van der Waals surface area contributed by atoms with Gasteiger partial charge in [-0.2, -0.15) is 5.10 Å². The Hall–Kier alpha value is -3.85. The van der Waals surface area contributed by atoms with Crippen LogP contribution in [-0.2, 0) is 11.8 Å². The molecule has 0 radical (unpaired) electrons. The topological polar surface area (TPSA) is 93.0 Å². The van der Waals surface area contributed by atoms with Crippen molar-refractivity contribution in [1.29, 1.82) is 0 Å². The van der Waals surface area contributed by atoms with Gasteiger partial charge in [0.2, 0.25) is 5.91 Å². The Morgan fingerprint density at radius 2 is 1.88 bits per heavy atom. The van der Waals surface area contributed by atoms with Crippen LogP contribution < -0.4 is 15.8 Å². The van der Waals surface area contributed by atoms with Crippen LogP contribution in [0.1, 0.15) is 12.8 Å². The lowest BCUT2D eigenvalue weighted by molar-refractivity contribution is -0.120. The number of hydrogen-bond acceptors (Lipinski definition) is 7. The average Bonchev–Trinajstić information content (AvgIpc) is 3.41. The van der Waals surface area contributed by atoms with Crippen molar-refractivity contribution in [3.05, 3.63) is 76.4 Å². The molecule has 1 amide bonds. The number of aromatic nitrogens is 4. The summed E-state index contributed by atoms with van der Waals surface area (Å²) in [5.41, 5.74) is 2.75. The molecule has 34 heavy (non-hydrogen) atoms. The number of benzene rings is 1. The Morgan fingerprint density at radius 1 is 1.03 bits per heavy atom. The third-order valence-corrected chi connectivity index (χ3v) is 6.85. The van der Waals surface area contributed by atoms with Crippen molar-refractivity contribution < 1.29 is 4.79 Å². The molecule has 1 atom stereocenters. The minimum absolute atomic E-state index is 0.0369. The molecule has 1 aromatic carbocycles. The summed E-state index contributed by atoms with van der Waals surface area (Å²) in [6, 6.07) is 18.6. The van der Waals surface area contributed by atoms with E-state index < -0.39 is 0 Å². The number of aryl methyl sites for hydroxylation is 1. The first-order chi connectivity index (χ1) is 16.6. The predicted octanol–water partition coefficient (Wildman–Crippen LogP) is 3.82. The van der Waals surface area contributed by atoms with Crippen LogP contribution in [0.5, 0.6) is 0 Å². The van der Waals surface area contributed by atoms with Gasteiger partial charge in [-0.15, -0.1) is 21.5 Å². The molecule has 0 aliphatic carbocycles. The molecule has 5 rings (SSSR count). The number of rotatable bonds is 5. The van der Waals surface area contributed by atoms with Crippen LogP contribution >= 0.6 is 11.3 Å². The second-order valence-corrected chi connectivity index (χ2v) is 9.20. The van der Waals surface area contributed by atoms with Gasteiger partial charge in [-0.1, -0.05) is 24.3 Å². The minimum Gasteiger partial charge on any atom is -0.354 e. The van der Waals surface area contributed by atoms with Crippen molar-refractivity contribution in [3.63, 3.8) is 0 Å². The summed E-state index contributed by atoms with van der Waals surface area (Å²) in [5, 5.41) is 18.2. The van der Waals surface area contributed by atoms with Gasteiger partial charge < -0.3 is 10.2 Å². The average molecular weight is 473 g/mol. The smallest absolute Gasteiger partial charge is 0.266 e. The second kappa shape index (κ2) is 9.56. The third-order valence-electron chi connectivity index (χ3n) is 5.96. The summed E-state index contributed by atoms with van der Waals surface area (Å²) in [5.74, 6) is 0.575. The quantitative estimate of drug-likeness (QED) is 0.475. The number of amides is 1. The molecule has 4 aromatic rings. The van der Waals surface area contributed by atoms with Gasteiger partial charge in [0.15, 0.2) is 5.82 Å². The van der Waals surface area contributed by atoms with Gasteiger partial charge in [-0.3, -0.25) is 9.59 Å². The first-order valence-electron chi connectivity index (χ1n) is 11.2. The number of anilines is 2. The molecule has 8 nitrogen and oxygen atoms in total. The van der Waals surface area contributed by atoms with E-state index in [4.69, 9.17) is 0 Å². The molecule has 0 bridgehead atoms. The number of nitrogens with zero attached hydrogens (tertiary/aromatic N) is 5. The maximum absolute atomic E-state index is 13.2. The van der Waals surface area contributed by atoms with Crippen LogP contribution in [0.4, 0.5) is 11.5 Å². The molecular weight excluding hydrogens is 448 g/mol. The first kappa shape index (κ1) is 22.0. The van der Waals surface area contributed by atoms with Gasteiger partial charge in [0.05, 0.1) is 22.2 Å². The van der Waals surface area contributed by atoms with Gasteiger partial charge in [0.25, 0.3) is 5.56 Å². The van der Waals surface area contributed by atoms with Crippen molar-refractivity contribution in [2.24, 2.45) is 13.0 Å². The molecule has 4 heterocycles. The molecule has 0 spiro atoms. The van der Waals surface area contributed by atoms with Crippen molar-refractivity contribution >= 4 is 28.7 Å². The van der Waals surface area contributed by atoms with Crippen LogP contribution in [-0.4, -0.2) is 39.0 Å². The Bertz CT molecular complexity index is 1350. The Morgan fingerprint density at radius 3 is 2.65 bits per heavy atom. The normalized spacial score (nSPS) is 15.8. The van der Waals surface area contributed by atoms with Crippen molar-refractivity contribution in [2.75, 3.05) is 23.3 Å². The van der Waals surface area contributed by atoms with E-state index >= 15 is 0 Å². The van der Waals surface area contributed by atoms with Crippen LogP contribution in [0.15, 0.2) is 70.8 Å². The summed E-state index contributed by atoms with van der Waals surface area (Å²) < 4.78 is 1.29. The number of piperidine rings is 1. The third kappa shape index (κ3) is 4.60. The molecule has 1 N–H and O–H groups in total. The summed E-state index contributed by atoms with van der Waals surface area (Å²) in [4.78, 5) is 28.1. The van der Waals surface area contributed by atoms with Gasteiger partial charge in [-0.05, 0) is 48.6 Å². The molecule has 1 fully saturated rings. The Labute approximate surface area is 200 Å². The molecule has 0 saturated carbocycles. The summed E-state index contributed by atoms with van der Waals surface area (Å²) in [6.07, 6.45) is 1.71. The van der Waals surface area contributed by atoms with Gasteiger partial charge in [-0.25, -0.2) is 4.68 Å². The highest BCUT2D eigenvalue weighted by molar-refractivity contribution is 7.13. The van der Waals surface area contributed by atoms with Gasteiger partial charge in [0.1, 0.15) is 5.69 Å². The molecule has 1 aliphatic rings. The SMILES string of the molecule is Cn1nc(-c2ccccc2NC(=O)[C@@H]2CCCN(c3ccc(-c4cccs4)nn3)C2)ccc1=O. The van der Waals surface area contributed by atoms with E-state index in [0.717, 1.165) is 41.3 Å². The standard InChI is InChI=1S/C25H24N6O2S/c1-30-24(32)13-11-20(29-30)18-7-2-3-8-19(18)26-25(33)17-6-4-14-31(16-17)23-12-10-21(27-28-23)22-9-5-15-34-22/h2-3,5,7-13,15,17H,4,6,14,16H2,1H3,(H,26,33)/t17-/m1/s1. The zero-order chi connectivity index (χ0) is 23.5. The van der Waals surface area contributed by atoms with Crippen molar-refractivity contribution in [1.82, 2.24) is 20.0 Å². The largest absolute Gasteiger partial charge is 0.354 e. The van der Waals surface area contributed by atoms with E-state index in [1.807, 2.05) is 53.9 Å². The fourth-order valence-electron chi connectivity index (χ4n) is 4.15. The monoisotopic (exact) mass is 472 g/mol. The molecule has 0 unspecified atom stereocenters. The Balaban J connectivity index is 1.30. The highest BCUT2D eigenvalue weighted by Gasteiger charge is 2.27. The fourth-order valence-corrected chi connectivity index (χ4v) is 4.84. The summed E-state index contributed by atoms with van der Waals surface area (Å²) in [6.45, 7) is 1.43. The zero-order valence-electron chi connectivity index (χ0n) is 18.7. The lowest BCUT2D eigenvalue weighted by atomic mass is 9.96. The molecule has 1 saturated heterocycles. The van der Waals surface area contributed by atoms with Crippen LogP contribution in [0.25, 0.3) is 21.8 Å². The highest BCUT2D eigenvalue weighted by Crippen LogP contribution is 2.29. The van der Waals surface area contributed by atoms with Crippen LogP contribution in [0.3, 0.4) is 0 Å².